The lowest BCUT2D eigenvalue weighted by Crippen LogP contribution is -2.29. The fraction of sp³-hybridized carbons (Fsp3) is 0.278. The smallest absolute Gasteiger partial charge is 0.244 e. The molecule has 3 nitrogen and oxygen atoms in total. The molecule has 1 amide bonds. The van der Waals surface area contributed by atoms with Crippen molar-refractivity contribution >= 4 is 11.6 Å². The van der Waals surface area contributed by atoms with Crippen LogP contribution in [0.4, 0.5) is 5.69 Å². The highest BCUT2D eigenvalue weighted by Crippen LogP contribution is 2.28. The van der Waals surface area contributed by atoms with Gasteiger partial charge in [0.25, 0.3) is 0 Å². The second-order valence-electron chi connectivity index (χ2n) is 5.61. The molecule has 0 saturated heterocycles. The van der Waals surface area contributed by atoms with E-state index in [2.05, 4.69) is 24.4 Å². The van der Waals surface area contributed by atoms with Crippen molar-refractivity contribution in [2.24, 2.45) is 5.73 Å². The largest absolute Gasteiger partial charge is 0.370 e. The summed E-state index contributed by atoms with van der Waals surface area (Å²) in [5.41, 5.74) is 12.0. The molecule has 2 rings (SSSR count). The summed E-state index contributed by atoms with van der Waals surface area (Å²) in [5.74, 6) is -0.367. The number of para-hydroxylation sites is 1. The number of amides is 1. The summed E-state index contributed by atoms with van der Waals surface area (Å²) in [5, 5.41) is 3.29. The van der Waals surface area contributed by atoms with Gasteiger partial charge in [-0.2, -0.15) is 0 Å². The van der Waals surface area contributed by atoms with Crippen LogP contribution in [0.25, 0.3) is 0 Å². The molecule has 1 atom stereocenters. The lowest BCUT2D eigenvalue weighted by molar-refractivity contribution is -0.118. The number of carbonyl (C=O) groups is 1. The molecule has 0 spiro atoms. The number of rotatable bonds is 4. The molecule has 110 valence electrons. The molecule has 0 bridgehead atoms. The van der Waals surface area contributed by atoms with E-state index in [0.717, 1.165) is 27.9 Å². The van der Waals surface area contributed by atoms with Gasteiger partial charge < -0.3 is 11.1 Å². The fourth-order valence-corrected chi connectivity index (χ4v) is 2.82. The first-order valence-corrected chi connectivity index (χ1v) is 7.09. The SMILES string of the molecule is Cc1cc(C)c(C(Nc2ccccc2C)C(N)=O)c(C)c1. The Morgan fingerprint density at radius 1 is 1.00 bits per heavy atom. The van der Waals surface area contributed by atoms with Crippen LogP contribution >= 0.6 is 0 Å². The third kappa shape index (κ3) is 3.24. The van der Waals surface area contributed by atoms with Gasteiger partial charge in [-0.05, 0) is 56.0 Å². The van der Waals surface area contributed by atoms with Gasteiger partial charge in [-0.15, -0.1) is 0 Å². The molecule has 0 radical (unpaired) electrons. The molecule has 0 saturated carbocycles. The molecule has 3 heteroatoms. The summed E-state index contributed by atoms with van der Waals surface area (Å²) in [7, 11) is 0. The van der Waals surface area contributed by atoms with Crippen LogP contribution in [0, 0.1) is 27.7 Å². The zero-order valence-electron chi connectivity index (χ0n) is 13.0. The Morgan fingerprint density at radius 3 is 2.10 bits per heavy atom. The Labute approximate surface area is 126 Å². The van der Waals surface area contributed by atoms with E-state index in [1.807, 2.05) is 45.0 Å². The predicted molar refractivity (Wildman–Crippen MR) is 87.4 cm³/mol. The summed E-state index contributed by atoms with van der Waals surface area (Å²) in [6.07, 6.45) is 0. The third-order valence-electron chi connectivity index (χ3n) is 3.76. The maximum Gasteiger partial charge on any atom is 0.244 e. The summed E-state index contributed by atoms with van der Waals surface area (Å²) in [6.45, 7) is 8.10. The van der Waals surface area contributed by atoms with Crippen LogP contribution in [0.2, 0.25) is 0 Å². The van der Waals surface area contributed by atoms with Crippen molar-refractivity contribution < 1.29 is 4.79 Å². The van der Waals surface area contributed by atoms with Crippen LogP contribution in [0.1, 0.15) is 33.9 Å². The van der Waals surface area contributed by atoms with E-state index in [-0.39, 0.29) is 5.91 Å². The van der Waals surface area contributed by atoms with Gasteiger partial charge in [0.15, 0.2) is 0 Å². The average Bonchev–Trinajstić information content (AvgIpc) is 2.38. The van der Waals surface area contributed by atoms with Crippen LogP contribution < -0.4 is 11.1 Å². The topological polar surface area (TPSA) is 55.1 Å². The molecule has 21 heavy (non-hydrogen) atoms. The zero-order valence-corrected chi connectivity index (χ0v) is 13.0. The maximum absolute atomic E-state index is 12.0. The highest BCUT2D eigenvalue weighted by molar-refractivity contribution is 5.85. The number of benzene rings is 2. The Hall–Kier alpha value is -2.29. The van der Waals surface area contributed by atoms with Crippen LogP contribution in [0.3, 0.4) is 0 Å². The van der Waals surface area contributed by atoms with Crippen LogP contribution in [-0.2, 0) is 4.79 Å². The minimum absolute atomic E-state index is 0.367. The van der Waals surface area contributed by atoms with Crippen molar-refractivity contribution in [1.29, 1.82) is 0 Å². The van der Waals surface area contributed by atoms with E-state index >= 15 is 0 Å². The standard InChI is InChI=1S/C18H22N2O/c1-11-9-13(3)16(14(4)10-11)17(18(19)21)20-15-8-6-5-7-12(15)2/h5-10,17,20H,1-4H3,(H2,19,21). The van der Waals surface area contributed by atoms with E-state index in [0.29, 0.717) is 0 Å². The molecule has 0 fully saturated rings. The van der Waals surface area contributed by atoms with Crippen molar-refractivity contribution in [1.82, 2.24) is 0 Å². The number of hydrogen-bond donors (Lipinski definition) is 2. The van der Waals surface area contributed by atoms with E-state index in [4.69, 9.17) is 5.73 Å². The summed E-state index contributed by atoms with van der Waals surface area (Å²) < 4.78 is 0. The van der Waals surface area contributed by atoms with Crippen LogP contribution in [-0.4, -0.2) is 5.91 Å². The Balaban J connectivity index is 2.46. The lowest BCUT2D eigenvalue weighted by Gasteiger charge is -2.22. The van der Waals surface area contributed by atoms with E-state index in [1.54, 1.807) is 0 Å². The fourth-order valence-electron chi connectivity index (χ4n) is 2.82. The van der Waals surface area contributed by atoms with Gasteiger partial charge in [0, 0.05) is 5.69 Å². The normalized spacial score (nSPS) is 12.0. The maximum atomic E-state index is 12.0. The third-order valence-corrected chi connectivity index (χ3v) is 3.76. The van der Waals surface area contributed by atoms with Crippen molar-refractivity contribution in [3.63, 3.8) is 0 Å². The molecular weight excluding hydrogens is 260 g/mol. The molecule has 1 unspecified atom stereocenters. The molecular formula is C18H22N2O. The summed E-state index contributed by atoms with van der Waals surface area (Å²) in [6, 6.07) is 11.5. The number of hydrogen-bond acceptors (Lipinski definition) is 2. The molecule has 0 aliphatic carbocycles. The van der Waals surface area contributed by atoms with Gasteiger partial charge >= 0.3 is 0 Å². The summed E-state index contributed by atoms with van der Waals surface area (Å²) >= 11 is 0. The minimum atomic E-state index is -0.522. The lowest BCUT2D eigenvalue weighted by atomic mass is 9.93. The van der Waals surface area contributed by atoms with Gasteiger partial charge in [0.1, 0.15) is 6.04 Å². The van der Waals surface area contributed by atoms with Gasteiger partial charge in [-0.25, -0.2) is 0 Å². The van der Waals surface area contributed by atoms with Crippen molar-refractivity contribution in [2.45, 2.75) is 33.7 Å². The van der Waals surface area contributed by atoms with Crippen LogP contribution in [0.5, 0.6) is 0 Å². The molecule has 2 aromatic carbocycles. The highest BCUT2D eigenvalue weighted by Gasteiger charge is 2.22. The quantitative estimate of drug-likeness (QED) is 0.901. The minimum Gasteiger partial charge on any atom is -0.370 e. The van der Waals surface area contributed by atoms with Gasteiger partial charge in [-0.1, -0.05) is 35.9 Å². The number of primary amides is 1. The molecule has 2 aromatic rings. The molecule has 0 aliphatic rings. The molecule has 3 N–H and O–H groups in total. The van der Waals surface area contributed by atoms with E-state index in [9.17, 15) is 4.79 Å². The second kappa shape index (κ2) is 6.00. The monoisotopic (exact) mass is 282 g/mol. The predicted octanol–water partition coefficient (Wildman–Crippen LogP) is 3.56. The van der Waals surface area contributed by atoms with Crippen LogP contribution in [0.15, 0.2) is 36.4 Å². The number of nitrogens with one attached hydrogen (secondary N) is 1. The van der Waals surface area contributed by atoms with Gasteiger partial charge in [0.05, 0.1) is 0 Å². The number of anilines is 1. The van der Waals surface area contributed by atoms with Crippen molar-refractivity contribution in [3.8, 4) is 0 Å². The van der Waals surface area contributed by atoms with Gasteiger partial charge in [0.2, 0.25) is 5.91 Å². The van der Waals surface area contributed by atoms with Crippen molar-refractivity contribution in [2.75, 3.05) is 5.32 Å². The summed E-state index contributed by atoms with van der Waals surface area (Å²) in [4.78, 5) is 12.0. The Bertz CT molecular complexity index is 654. The molecule has 0 aliphatic heterocycles. The van der Waals surface area contributed by atoms with Gasteiger partial charge in [-0.3, -0.25) is 4.79 Å². The van der Waals surface area contributed by atoms with Crippen molar-refractivity contribution in [3.05, 3.63) is 64.2 Å². The highest BCUT2D eigenvalue weighted by atomic mass is 16.1. The second-order valence-corrected chi connectivity index (χ2v) is 5.61. The Morgan fingerprint density at radius 2 is 1.57 bits per heavy atom. The number of aryl methyl sites for hydroxylation is 4. The zero-order chi connectivity index (χ0) is 15.6. The average molecular weight is 282 g/mol. The first kappa shape index (κ1) is 15.1. The Kier molecular flexibility index (Phi) is 4.32. The van der Waals surface area contributed by atoms with E-state index < -0.39 is 6.04 Å². The first-order valence-electron chi connectivity index (χ1n) is 7.09. The molecule has 0 heterocycles. The number of nitrogens with two attached hydrogens (primary N) is 1. The number of carbonyl (C=O) groups excluding carboxylic acids is 1. The van der Waals surface area contributed by atoms with E-state index in [1.165, 1.54) is 5.56 Å². The molecule has 0 aromatic heterocycles. The first-order chi connectivity index (χ1) is 9.90.